The molecule has 0 atom stereocenters. The number of nitrogens with zero attached hydrogens (tertiary/aromatic N) is 3. The van der Waals surface area contributed by atoms with E-state index < -0.39 is 0 Å². The number of amides is 1. The Morgan fingerprint density at radius 3 is 2.68 bits per heavy atom. The van der Waals surface area contributed by atoms with Gasteiger partial charge in [-0.2, -0.15) is 4.98 Å². The summed E-state index contributed by atoms with van der Waals surface area (Å²) in [5.41, 5.74) is 1.19. The monoisotopic (exact) mass is 264 g/mol. The summed E-state index contributed by atoms with van der Waals surface area (Å²) in [7, 11) is 0. The summed E-state index contributed by atoms with van der Waals surface area (Å²) in [6.45, 7) is 5.82. The maximum absolute atomic E-state index is 12.0. The van der Waals surface area contributed by atoms with Crippen LogP contribution in [0, 0.1) is 13.8 Å². The molecule has 0 spiro atoms. The highest BCUT2D eigenvalue weighted by atomic mass is 16.5. The predicted molar refractivity (Wildman–Crippen MR) is 65.7 cm³/mol. The molecular weight excluding hydrogens is 248 g/mol. The molecular formula is C12H16N4O3. The zero-order valence-corrected chi connectivity index (χ0v) is 11.2. The van der Waals surface area contributed by atoms with Crippen molar-refractivity contribution in [3.63, 3.8) is 0 Å². The average Bonchev–Trinajstić information content (AvgIpc) is 2.95. The summed E-state index contributed by atoms with van der Waals surface area (Å²) in [6, 6.07) is 0. The second-order valence-corrected chi connectivity index (χ2v) is 4.16. The summed E-state index contributed by atoms with van der Waals surface area (Å²) in [6.07, 6.45) is 1.15. The fraction of sp³-hybridized carbons (Fsp3) is 0.500. The Kier molecular flexibility index (Phi) is 3.94. The summed E-state index contributed by atoms with van der Waals surface area (Å²) in [5.74, 6) is 1.44. The first-order valence-electron chi connectivity index (χ1n) is 6.14. The van der Waals surface area contributed by atoms with E-state index in [1.807, 2.05) is 6.92 Å². The number of rotatable bonds is 5. The number of nitrogens with one attached hydrogen (secondary N) is 1. The quantitative estimate of drug-likeness (QED) is 0.872. The van der Waals surface area contributed by atoms with Crippen molar-refractivity contribution in [1.82, 2.24) is 20.6 Å². The largest absolute Gasteiger partial charge is 0.361 e. The van der Waals surface area contributed by atoms with Gasteiger partial charge in [0.15, 0.2) is 5.82 Å². The molecule has 0 aliphatic heterocycles. The molecule has 0 radical (unpaired) electrons. The maximum Gasteiger partial charge on any atom is 0.256 e. The summed E-state index contributed by atoms with van der Waals surface area (Å²) < 4.78 is 9.99. The van der Waals surface area contributed by atoms with Gasteiger partial charge in [0.2, 0.25) is 5.89 Å². The first-order valence-corrected chi connectivity index (χ1v) is 6.14. The van der Waals surface area contributed by atoms with Crippen LogP contribution in [0.5, 0.6) is 0 Å². The van der Waals surface area contributed by atoms with E-state index in [9.17, 15) is 4.79 Å². The topological polar surface area (TPSA) is 94.1 Å². The van der Waals surface area contributed by atoms with Crippen molar-refractivity contribution in [3.05, 3.63) is 28.7 Å². The van der Waals surface area contributed by atoms with Gasteiger partial charge in [-0.15, -0.1) is 0 Å². The van der Waals surface area contributed by atoms with Gasteiger partial charge in [-0.05, 0) is 20.3 Å². The molecule has 2 rings (SSSR count). The lowest BCUT2D eigenvalue weighted by atomic mass is 10.1. The van der Waals surface area contributed by atoms with Crippen LogP contribution in [0.2, 0.25) is 0 Å². The molecule has 1 N–H and O–H groups in total. The van der Waals surface area contributed by atoms with Crippen molar-refractivity contribution in [2.45, 2.75) is 33.6 Å². The van der Waals surface area contributed by atoms with Gasteiger partial charge in [0.1, 0.15) is 11.3 Å². The first-order chi connectivity index (χ1) is 9.11. The normalized spacial score (nSPS) is 10.7. The van der Waals surface area contributed by atoms with E-state index in [0.29, 0.717) is 48.1 Å². The highest BCUT2D eigenvalue weighted by Gasteiger charge is 2.18. The number of carbonyl (C=O) groups excluding carboxylic acids is 1. The van der Waals surface area contributed by atoms with Crippen LogP contribution < -0.4 is 5.32 Å². The standard InChI is InChI=1S/C12H16N4O3/c1-4-9-11(7(2)18-16-9)12(17)13-6-5-10-14-8(3)15-19-10/h4-6H2,1-3H3,(H,13,17). The van der Waals surface area contributed by atoms with E-state index in [1.54, 1.807) is 13.8 Å². The molecule has 2 aromatic rings. The molecule has 0 fully saturated rings. The van der Waals surface area contributed by atoms with Gasteiger partial charge < -0.3 is 14.4 Å². The Hall–Kier alpha value is -2.18. The van der Waals surface area contributed by atoms with Crippen LogP contribution in [-0.2, 0) is 12.8 Å². The van der Waals surface area contributed by atoms with E-state index in [4.69, 9.17) is 9.05 Å². The lowest BCUT2D eigenvalue weighted by Gasteiger charge is -2.03. The second-order valence-electron chi connectivity index (χ2n) is 4.16. The van der Waals surface area contributed by atoms with Gasteiger partial charge in [-0.25, -0.2) is 0 Å². The van der Waals surface area contributed by atoms with Gasteiger partial charge in [-0.1, -0.05) is 17.2 Å². The molecule has 0 aliphatic rings. The minimum absolute atomic E-state index is 0.188. The third-order valence-electron chi connectivity index (χ3n) is 2.69. The van der Waals surface area contributed by atoms with E-state index in [2.05, 4.69) is 20.6 Å². The van der Waals surface area contributed by atoms with Crippen molar-refractivity contribution in [2.24, 2.45) is 0 Å². The van der Waals surface area contributed by atoms with E-state index >= 15 is 0 Å². The van der Waals surface area contributed by atoms with Crippen molar-refractivity contribution < 1.29 is 13.8 Å². The van der Waals surface area contributed by atoms with Gasteiger partial charge in [0, 0.05) is 13.0 Å². The van der Waals surface area contributed by atoms with Crippen LogP contribution >= 0.6 is 0 Å². The van der Waals surface area contributed by atoms with Crippen molar-refractivity contribution >= 4 is 5.91 Å². The number of aromatic nitrogens is 3. The van der Waals surface area contributed by atoms with Gasteiger partial charge in [0.05, 0.1) is 5.69 Å². The molecule has 0 unspecified atom stereocenters. The SMILES string of the molecule is CCc1noc(C)c1C(=O)NCCc1nc(C)no1. The van der Waals surface area contributed by atoms with Crippen LogP contribution in [-0.4, -0.2) is 27.7 Å². The molecule has 102 valence electrons. The zero-order chi connectivity index (χ0) is 13.8. The smallest absolute Gasteiger partial charge is 0.256 e. The number of carbonyl (C=O) groups is 1. The Labute approximate surface area is 110 Å². The second kappa shape index (κ2) is 5.64. The Morgan fingerprint density at radius 1 is 1.26 bits per heavy atom. The van der Waals surface area contributed by atoms with Crippen LogP contribution in [0.25, 0.3) is 0 Å². The highest BCUT2D eigenvalue weighted by Crippen LogP contribution is 2.13. The zero-order valence-electron chi connectivity index (χ0n) is 11.2. The molecule has 2 heterocycles. The van der Waals surface area contributed by atoms with Crippen LogP contribution in [0.15, 0.2) is 9.05 Å². The summed E-state index contributed by atoms with van der Waals surface area (Å²) in [4.78, 5) is 16.1. The lowest BCUT2D eigenvalue weighted by molar-refractivity contribution is 0.0951. The predicted octanol–water partition coefficient (Wildman–Crippen LogP) is 1.21. The minimum atomic E-state index is -0.188. The van der Waals surface area contributed by atoms with Crippen molar-refractivity contribution in [3.8, 4) is 0 Å². The molecule has 0 aromatic carbocycles. The molecule has 0 saturated carbocycles. The number of aryl methyl sites for hydroxylation is 3. The lowest BCUT2D eigenvalue weighted by Crippen LogP contribution is -2.26. The molecule has 0 bridgehead atoms. The summed E-state index contributed by atoms with van der Waals surface area (Å²) in [5, 5.41) is 10.3. The van der Waals surface area contributed by atoms with Gasteiger partial charge in [-0.3, -0.25) is 4.79 Å². The third-order valence-corrected chi connectivity index (χ3v) is 2.69. The molecule has 7 nitrogen and oxygen atoms in total. The van der Waals surface area contributed by atoms with E-state index in [1.165, 1.54) is 0 Å². The van der Waals surface area contributed by atoms with E-state index in [0.717, 1.165) is 0 Å². The maximum atomic E-state index is 12.0. The molecule has 7 heteroatoms. The summed E-state index contributed by atoms with van der Waals surface area (Å²) >= 11 is 0. The third kappa shape index (κ3) is 2.98. The number of hydrogen-bond donors (Lipinski definition) is 1. The Balaban J connectivity index is 1.92. The Bertz CT molecular complexity index is 573. The molecule has 1 amide bonds. The molecule has 0 saturated heterocycles. The minimum Gasteiger partial charge on any atom is -0.361 e. The van der Waals surface area contributed by atoms with Crippen LogP contribution in [0.4, 0.5) is 0 Å². The van der Waals surface area contributed by atoms with Gasteiger partial charge in [0.25, 0.3) is 5.91 Å². The fourth-order valence-corrected chi connectivity index (χ4v) is 1.76. The van der Waals surface area contributed by atoms with Crippen molar-refractivity contribution in [2.75, 3.05) is 6.54 Å². The number of hydrogen-bond acceptors (Lipinski definition) is 6. The highest BCUT2D eigenvalue weighted by molar-refractivity contribution is 5.96. The molecule has 2 aromatic heterocycles. The van der Waals surface area contributed by atoms with Crippen LogP contribution in [0.1, 0.15) is 40.5 Å². The van der Waals surface area contributed by atoms with Gasteiger partial charge >= 0.3 is 0 Å². The Morgan fingerprint density at radius 2 is 2.05 bits per heavy atom. The fourth-order valence-electron chi connectivity index (χ4n) is 1.76. The molecule has 0 aliphatic carbocycles. The van der Waals surface area contributed by atoms with Crippen molar-refractivity contribution in [1.29, 1.82) is 0 Å². The molecule has 19 heavy (non-hydrogen) atoms. The van der Waals surface area contributed by atoms with E-state index in [-0.39, 0.29) is 5.91 Å². The first kappa shape index (κ1) is 13.3. The average molecular weight is 264 g/mol. The van der Waals surface area contributed by atoms with Crippen LogP contribution in [0.3, 0.4) is 0 Å².